The van der Waals surface area contributed by atoms with Crippen LogP contribution in [-0.2, 0) is 6.42 Å². The van der Waals surface area contributed by atoms with Gasteiger partial charge in [-0.1, -0.05) is 13.0 Å². The first kappa shape index (κ1) is 21.1. The smallest absolute Gasteiger partial charge is 0.231 e. The Labute approximate surface area is 173 Å². The van der Waals surface area contributed by atoms with Crippen LogP contribution in [0.15, 0.2) is 23.2 Å². The van der Waals surface area contributed by atoms with E-state index in [0.29, 0.717) is 12.7 Å². The third-order valence-electron chi connectivity index (χ3n) is 4.98. The summed E-state index contributed by atoms with van der Waals surface area (Å²) in [4.78, 5) is 6.87. The first-order chi connectivity index (χ1) is 12.3. The third-order valence-corrected chi connectivity index (χ3v) is 4.98. The maximum absolute atomic E-state index is 5.43. The summed E-state index contributed by atoms with van der Waals surface area (Å²) in [6.07, 6.45) is 3.53. The van der Waals surface area contributed by atoms with E-state index in [1.54, 1.807) is 0 Å². The van der Waals surface area contributed by atoms with Crippen molar-refractivity contribution in [1.29, 1.82) is 0 Å². The molecule has 7 heteroatoms. The fraction of sp³-hybridized carbons (Fsp3) is 0.632. The number of guanidine groups is 1. The number of fused-ring (bicyclic) bond motifs is 1. The molecule has 0 spiro atoms. The summed E-state index contributed by atoms with van der Waals surface area (Å²) < 4.78 is 10.8. The third kappa shape index (κ3) is 5.90. The Morgan fingerprint density at radius 3 is 2.92 bits per heavy atom. The zero-order chi connectivity index (χ0) is 17.5. The lowest BCUT2D eigenvalue weighted by atomic mass is 9.98. The molecule has 6 nitrogen and oxygen atoms in total. The molecule has 1 fully saturated rings. The molecule has 0 aromatic heterocycles. The summed E-state index contributed by atoms with van der Waals surface area (Å²) >= 11 is 0. The number of hydrogen-bond acceptors (Lipinski definition) is 4. The zero-order valence-electron chi connectivity index (χ0n) is 15.8. The number of halogens is 1. The molecule has 1 saturated heterocycles. The molecule has 0 aliphatic carbocycles. The number of aliphatic imine (C=N–C) groups is 1. The van der Waals surface area contributed by atoms with E-state index in [-0.39, 0.29) is 24.0 Å². The van der Waals surface area contributed by atoms with Crippen molar-refractivity contribution >= 4 is 29.9 Å². The molecule has 0 bridgehead atoms. The van der Waals surface area contributed by atoms with Crippen LogP contribution in [0.25, 0.3) is 0 Å². The zero-order valence-corrected chi connectivity index (χ0v) is 18.1. The second-order valence-electron chi connectivity index (χ2n) is 6.72. The van der Waals surface area contributed by atoms with Crippen molar-refractivity contribution in [1.82, 2.24) is 15.5 Å². The van der Waals surface area contributed by atoms with Crippen molar-refractivity contribution in [2.45, 2.75) is 26.2 Å². The predicted molar refractivity (Wildman–Crippen MR) is 116 cm³/mol. The number of rotatable bonds is 6. The molecular formula is C19H31IN4O2. The summed E-state index contributed by atoms with van der Waals surface area (Å²) in [7, 11) is 1.83. The Balaban J connectivity index is 0.00000243. The van der Waals surface area contributed by atoms with E-state index in [0.717, 1.165) is 43.5 Å². The van der Waals surface area contributed by atoms with Crippen molar-refractivity contribution in [2.24, 2.45) is 10.9 Å². The average Bonchev–Trinajstić information content (AvgIpc) is 3.12. The quantitative estimate of drug-likeness (QED) is 0.377. The molecule has 0 radical (unpaired) electrons. The van der Waals surface area contributed by atoms with Gasteiger partial charge in [0.2, 0.25) is 6.79 Å². The van der Waals surface area contributed by atoms with E-state index in [2.05, 4.69) is 39.6 Å². The summed E-state index contributed by atoms with van der Waals surface area (Å²) in [6.45, 7) is 7.98. The number of nitrogens with one attached hydrogen (secondary N) is 2. The molecule has 0 amide bonds. The van der Waals surface area contributed by atoms with Crippen LogP contribution in [0.3, 0.4) is 0 Å². The van der Waals surface area contributed by atoms with Crippen molar-refractivity contribution in [3.05, 3.63) is 23.8 Å². The van der Waals surface area contributed by atoms with Gasteiger partial charge < -0.3 is 25.0 Å². The van der Waals surface area contributed by atoms with Crippen LogP contribution < -0.4 is 20.1 Å². The van der Waals surface area contributed by atoms with Gasteiger partial charge in [0.05, 0.1) is 0 Å². The van der Waals surface area contributed by atoms with E-state index in [1.165, 1.54) is 31.5 Å². The topological polar surface area (TPSA) is 58.1 Å². The predicted octanol–water partition coefficient (Wildman–Crippen LogP) is 2.47. The molecule has 1 atom stereocenters. The van der Waals surface area contributed by atoms with Gasteiger partial charge in [-0.15, -0.1) is 24.0 Å². The Bertz CT molecular complexity index is 597. The van der Waals surface area contributed by atoms with Gasteiger partial charge in [-0.05, 0) is 56.0 Å². The normalized spacial score (nSPS) is 19.8. The molecule has 3 rings (SSSR count). The van der Waals surface area contributed by atoms with Gasteiger partial charge >= 0.3 is 0 Å². The van der Waals surface area contributed by atoms with Gasteiger partial charge in [0.25, 0.3) is 0 Å². The van der Waals surface area contributed by atoms with E-state index in [1.807, 2.05) is 13.1 Å². The van der Waals surface area contributed by atoms with Gasteiger partial charge in [0.1, 0.15) is 0 Å². The van der Waals surface area contributed by atoms with Crippen molar-refractivity contribution in [3.63, 3.8) is 0 Å². The van der Waals surface area contributed by atoms with Crippen molar-refractivity contribution in [2.75, 3.05) is 46.6 Å². The average molecular weight is 474 g/mol. The Kier molecular flexibility index (Phi) is 8.77. The van der Waals surface area contributed by atoms with Gasteiger partial charge in [0, 0.05) is 26.7 Å². The number of benzene rings is 1. The number of likely N-dealkylation sites (tertiary alicyclic amines) is 1. The monoisotopic (exact) mass is 474 g/mol. The number of piperidine rings is 1. The van der Waals surface area contributed by atoms with Gasteiger partial charge in [-0.3, -0.25) is 4.99 Å². The number of ether oxygens (including phenoxy) is 2. The van der Waals surface area contributed by atoms with E-state index in [4.69, 9.17) is 9.47 Å². The Morgan fingerprint density at radius 2 is 2.12 bits per heavy atom. The van der Waals surface area contributed by atoms with Crippen LogP contribution in [0, 0.1) is 5.92 Å². The summed E-state index contributed by atoms with van der Waals surface area (Å²) in [5.74, 6) is 3.27. The van der Waals surface area contributed by atoms with Crippen LogP contribution in [0.2, 0.25) is 0 Å². The van der Waals surface area contributed by atoms with E-state index < -0.39 is 0 Å². The second kappa shape index (κ2) is 10.8. The summed E-state index contributed by atoms with van der Waals surface area (Å²) in [5.41, 5.74) is 1.23. The lowest BCUT2D eigenvalue weighted by Gasteiger charge is -2.32. The van der Waals surface area contributed by atoms with E-state index >= 15 is 0 Å². The molecule has 2 aliphatic heterocycles. The highest BCUT2D eigenvalue weighted by Gasteiger charge is 2.18. The Morgan fingerprint density at radius 1 is 1.27 bits per heavy atom. The number of nitrogens with zero attached hydrogens (tertiary/aromatic N) is 2. The second-order valence-corrected chi connectivity index (χ2v) is 6.72. The highest BCUT2D eigenvalue weighted by Crippen LogP contribution is 2.32. The molecule has 2 heterocycles. The van der Waals surface area contributed by atoms with Gasteiger partial charge in [-0.25, -0.2) is 0 Å². The Hall–Kier alpha value is -1.22. The summed E-state index contributed by atoms with van der Waals surface area (Å²) in [6, 6.07) is 6.13. The molecule has 1 unspecified atom stereocenters. The lowest BCUT2D eigenvalue weighted by molar-refractivity contribution is 0.174. The van der Waals surface area contributed by atoms with Crippen molar-refractivity contribution in [3.8, 4) is 11.5 Å². The first-order valence-corrected chi connectivity index (χ1v) is 9.34. The standard InChI is InChI=1S/C19H30N4O2.HI/c1-3-23-10-4-5-16(13-23)12-22-19(20-2)21-9-8-15-6-7-17-18(11-15)25-14-24-17;/h6-7,11,16H,3-5,8-10,12-14H2,1-2H3,(H2,20,21,22);1H. The fourth-order valence-corrected chi connectivity index (χ4v) is 3.49. The molecule has 0 saturated carbocycles. The maximum Gasteiger partial charge on any atom is 0.231 e. The van der Waals surface area contributed by atoms with E-state index in [9.17, 15) is 0 Å². The van der Waals surface area contributed by atoms with Gasteiger partial charge in [0.15, 0.2) is 17.5 Å². The number of hydrogen-bond donors (Lipinski definition) is 2. The SMILES string of the molecule is CCN1CCCC(CNC(=NC)NCCc2ccc3c(c2)OCO3)C1.I. The van der Waals surface area contributed by atoms with Crippen molar-refractivity contribution < 1.29 is 9.47 Å². The molecular weight excluding hydrogens is 443 g/mol. The summed E-state index contributed by atoms with van der Waals surface area (Å²) in [5, 5.41) is 6.88. The fourth-order valence-electron chi connectivity index (χ4n) is 3.49. The lowest BCUT2D eigenvalue weighted by Crippen LogP contribution is -2.44. The van der Waals surface area contributed by atoms with Crippen LogP contribution >= 0.6 is 24.0 Å². The molecule has 1 aromatic carbocycles. The highest BCUT2D eigenvalue weighted by molar-refractivity contribution is 14.0. The van der Waals surface area contributed by atoms with Crippen LogP contribution in [0.4, 0.5) is 0 Å². The van der Waals surface area contributed by atoms with Crippen LogP contribution in [0.5, 0.6) is 11.5 Å². The molecule has 26 heavy (non-hydrogen) atoms. The maximum atomic E-state index is 5.43. The largest absolute Gasteiger partial charge is 0.454 e. The molecule has 1 aromatic rings. The molecule has 2 N–H and O–H groups in total. The first-order valence-electron chi connectivity index (χ1n) is 9.34. The minimum Gasteiger partial charge on any atom is -0.454 e. The van der Waals surface area contributed by atoms with Gasteiger partial charge in [-0.2, -0.15) is 0 Å². The van der Waals surface area contributed by atoms with Crippen LogP contribution in [-0.4, -0.2) is 57.4 Å². The minimum atomic E-state index is 0. The molecule has 2 aliphatic rings. The molecule has 146 valence electrons. The highest BCUT2D eigenvalue weighted by atomic mass is 127. The minimum absolute atomic E-state index is 0. The van der Waals surface area contributed by atoms with Crippen LogP contribution in [0.1, 0.15) is 25.3 Å².